The summed E-state index contributed by atoms with van der Waals surface area (Å²) < 4.78 is 0. The second-order valence-corrected chi connectivity index (χ2v) is 12.7. The molecule has 10 nitrogen and oxygen atoms in total. The zero-order chi connectivity index (χ0) is 29.3. The van der Waals surface area contributed by atoms with E-state index >= 15 is 0 Å². The maximum atomic E-state index is 13.9. The number of likely N-dealkylation sites (N-methyl/N-ethyl adjacent to an activating group) is 1. The van der Waals surface area contributed by atoms with Gasteiger partial charge in [-0.3, -0.25) is 28.9 Å². The van der Waals surface area contributed by atoms with Crippen LogP contribution in [0.2, 0.25) is 0 Å². The minimum Gasteiger partial charge on any atom is -0.507 e. The van der Waals surface area contributed by atoms with Gasteiger partial charge in [-0.15, -0.1) is 11.3 Å². The number of carbonyl (C=O) groups excluding carboxylic acids is 5. The fraction of sp³-hybridized carbons (Fsp3) is 0.483. The van der Waals surface area contributed by atoms with Gasteiger partial charge in [0.25, 0.3) is 0 Å². The van der Waals surface area contributed by atoms with Gasteiger partial charge in [0, 0.05) is 28.3 Å². The molecule has 0 saturated heterocycles. The number of phenolic OH excluding ortho intramolecular Hbond substituents is 1. The number of fused-ring (bicyclic) bond motifs is 3. The monoisotopic (exact) mass is 567 g/mol. The number of hydrogen-bond donors (Lipinski definition) is 4. The number of amides is 1. The van der Waals surface area contributed by atoms with Gasteiger partial charge in [0.2, 0.25) is 5.91 Å². The Labute approximate surface area is 235 Å². The summed E-state index contributed by atoms with van der Waals surface area (Å²) in [7, 11) is 3.13. The third-order valence-electron chi connectivity index (χ3n) is 8.56. The van der Waals surface area contributed by atoms with Gasteiger partial charge in [0.05, 0.1) is 17.5 Å². The predicted octanol–water partition coefficient (Wildman–Crippen LogP) is 1.09. The number of phenols is 1. The predicted molar refractivity (Wildman–Crippen MR) is 147 cm³/mol. The molecule has 6 unspecified atom stereocenters. The van der Waals surface area contributed by atoms with Crippen molar-refractivity contribution < 1.29 is 34.2 Å². The number of nitrogens with two attached hydrogens (primary N) is 1. The van der Waals surface area contributed by atoms with Crippen LogP contribution in [0.15, 0.2) is 24.3 Å². The number of rotatable bonds is 6. The van der Waals surface area contributed by atoms with Gasteiger partial charge in [0.15, 0.2) is 34.7 Å². The summed E-state index contributed by atoms with van der Waals surface area (Å²) >= 11 is 1.56. The number of nitrogens with one attached hydrogen (secondary N) is 1. The highest BCUT2D eigenvalue weighted by Crippen LogP contribution is 2.52. The number of nitrogens with zero attached hydrogens (tertiary/aromatic N) is 1. The van der Waals surface area contributed by atoms with Crippen LogP contribution in [0.4, 0.5) is 0 Å². The Bertz CT molecular complexity index is 1450. The number of thiophene rings is 1. The average molecular weight is 568 g/mol. The molecule has 3 aliphatic rings. The molecule has 0 bridgehead atoms. The van der Waals surface area contributed by atoms with E-state index in [0.717, 1.165) is 15.3 Å². The van der Waals surface area contributed by atoms with Crippen LogP contribution in [0.25, 0.3) is 10.4 Å². The van der Waals surface area contributed by atoms with E-state index in [1.165, 1.54) is 11.0 Å². The van der Waals surface area contributed by atoms with Gasteiger partial charge in [-0.05, 0) is 68.2 Å². The van der Waals surface area contributed by atoms with Gasteiger partial charge in [-0.2, -0.15) is 0 Å². The molecule has 3 aliphatic carbocycles. The molecule has 1 aromatic heterocycles. The molecule has 5 rings (SSSR count). The van der Waals surface area contributed by atoms with Crippen molar-refractivity contribution in [2.45, 2.75) is 50.9 Å². The zero-order valence-corrected chi connectivity index (χ0v) is 23.6. The van der Waals surface area contributed by atoms with E-state index in [-0.39, 0.29) is 24.2 Å². The summed E-state index contributed by atoms with van der Waals surface area (Å²) in [5.41, 5.74) is 4.00. The number of ketones is 4. The number of carbonyl (C=O) groups is 5. The van der Waals surface area contributed by atoms with Crippen molar-refractivity contribution in [1.82, 2.24) is 10.2 Å². The number of aliphatic hydroxyl groups is 1. The van der Waals surface area contributed by atoms with Crippen molar-refractivity contribution in [1.29, 1.82) is 0 Å². The van der Waals surface area contributed by atoms with Gasteiger partial charge < -0.3 is 21.3 Å². The van der Waals surface area contributed by atoms with Crippen LogP contribution in [0.1, 0.15) is 41.1 Å². The topological polar surface area (TPSA) is 167 Å². The van der Waals surface area contributed by atoms with E-state index in [1.807, 2.05) is 12.1 Å². The Kier molecular flexibility index (Phi) is 7.06. The lowest BCUT2D eigenvalue weighted by molar-refractivity contribution is -0.181. The normalized spacial score (nSPS) is 29.9. The van der Waals surface area contributed by atoms with E-state index in [1.54, 1.807) is 31.5 Å². The minimum absolute atomic E-state index is 0.000601. The van der Waals surface area contributed by atoms with Crippen LogP contribution in [0.3, 0.4) is 0 Å². The van der Waals surface area contributed by atoms with Crippen LogP contribution in [0, 0.1) is 23.7 Å². The Balaban J connectivity index is 1.59. The van der Waals surface area contributed by atoms with Crippen LogP contribution >= 0.6 is 11.3 Å². The Morgan fingerprint density at radius 3 is 2.48 bits per heavy atom. The van der Waals surface area contributed by atoms with Crippen LogP contribution in [0.5, 0.6) is 5.75 Å². The number of aromatic hydroxyl groups is 1. The SMILES string of the molecule is CC(C)NCc1ccc(-c2ccc(O)c3c2CC2CC4C(N(C)C)C(=O)C(C(N)=O)C(=O)C4(O)C(=O)C2C3=O)s1. The summed E-state index contributed by atoms with van der Waals surface area (Å²) in [6.45, 7) is 4.80. The lowest BCUT2D eigenvalue weighted by Crippen LogP contribution is -2.74. The van der Waals surface area contributed by atoms with Gasteiger partial charge >= 0.3 is 0 Å². The van der Waals surface area contributed by atoms with E-state index in [4.69, 9.17) is 5.73 Å². The highest BCUT2D eigenvalue weighted by atomic mass is 32.1. The number of primary amides is 1. The van der Waals surface area contributed by atoms with E-state index in [2.05, 4.69) is 19.2 Å². The molecule has 212 valence electrons. The summed E-state index contributed by atoms with van der Waals surface area (Å²) in [6, 6.07) is 6.31. The van der Waals surface area contributed by atoms with Crippen molar-refractivity contribution in [2.24, 2.45) is 29.4 Å². The van der Waals surface area contributed by atoms with E-state index in [0.29, 0.717) is 18.2 Å². The van der Waals surface area contributed by atoms with Gasteiger partial charge in [-0.25, -0.2) is 0 Å². The van der Waals surface area contributed by atoms with E-state index < -0.39 is 64.4 Å². The second-order valence-electron chi connectivity index (χ2n) is 11.6. The fourth-order valence-corrected chi connectivity index (χ4v) is 7.77. The first-order valence-corrected chi connectivity index (χ1v) is 14.1. The summed E-state index contributed by atoms with van der Waals surface area (Å²) in [5.74, 6) is -10.4. The molecule has 2 fully saturated rings. The Morgan fingerprint density at radius 1 is 1.15 bits per heavy atom. The molecule has 0 spiro atoms. The highest BCUT2D eigenvalue weighted by Gasteiger charge is 2.69. The van der Waals surface area contributed by atoms with Crippen molar-refractivity contribution in [3.05, 3.63) is 40.3 Å². The quantitative estimate of drug-likeness (QED) is 0.374. The van der Waals surface area contributed by atoms with Gasteiger partial charge in [-0.1, -0.05) is 13.8 Å². The molecule has 1 amide bonds. The van der Waals surface area contributed by atoms with Crippen molar-refractivity contribution in [3.8, 4) is 16.2 Å². The molecule has 1 heterocycles. The summed E-state index contributed by atoms with van der Waals surface area (Å²) in [4.78, 5) is 70.0. The van der Waals surface area contributed by atoms with Crippen molar-refractivity contribution >= 4 is 40.4 Å². The third-order valence-corrected chi connectivity index (χ3v) is 9.67. The molecule has 0 radical (unpaired) electrons. The molecule has 5 N–H and O–H groups in total. The van der Waals surface area contributed by atoms with Crippen molar-refractivity contribution in [2.75, 3.05) is 14.1 Å². The lowest BCUT2D eigenvalue weighted by atomic mass is 9.52. The highest BCUT2D eigenvalue weighted by molar-refractivity contribution is 7.15. The molecule has 6 atom stereocenters. The first-order valence-electron chi connectivity index (χ1n) is 13.3. The first-order chi connectivity index (χ1) is 18.8. The largest absolute Gasteiger partial charge is 0.507 e. The maximum absolute atomic E-state index is 13.9. The molecule has 11 heteroatoms. The minimum atomic E-state index is -2.73. The molecular weight excluding hydrogens is 534 g/mol. The van der Waals surface area contributed by atoms with E-state index in [9.17, 15) is 34.2 Å². The standard InChI is InChI=1S/C29H33N3O7S/c1-12(2)31-11-14-5-8-19(40-14)15-6-7-18(33)21-16(15)9-13-10-17-23(32(3)4)25(35)22(28(30)38)27(37)29(17,39)26(36)20(13)24(21)34/h5-8,12-13,17,20,22-23,31,33,39H,9-11H2,1-4H3,(H2,30,38). The molecule has 1 aromatic carbocycles. The molecular formula is C29H33N3O7S. The van der Waals surface area contributed by atoms with Crippen LogP contribution in [-0.4, -0.2) is 75.9 Å². The third kappa shape index (κ3) is 4.14. The number of benzene rings is 1. The van der Waals surface area contributed by atoms with Crippen LogP contribution in [-0.2, 0) is 32.1 Å². The number of Topliss-reactive ketones (excluding diaryl/α,β-unsaturated/α-hetero) is 4. The zero-order valence-electron chi connectivity index (χ0n) is 22.8. The van der Waals surface area contributed by atoms with Crippen molar-refractivity contribution in [3.63, 3.8) is 0 Å². The fourth-order valence-electron chi connectivity index (χ4n) is 6.76. The second kappa shape index (κ2) is 9.99. The molecule has 2 aromatic rings. The van der Waals surface area contributed by atoms with Crippen LogP contribution < -0.4 is 11.1 Å². The smallest absolute Gasteiger partial charge is 0.235 e. The maximum Gasteiger partial charge on any atom is 0.235 e. The molecule has 0 aliphatic heterocycles. The molecule has 40 heavy (non-hydrogen) atoms. The Hall–Kier alpha value is -3.25. The summed E-state index contributed by atoms with van der Waals surface area (Å²) in [6.07, 6.45) is 0.250. The lowest BCUT2D eigenvalue weighted by Gasteiger charge is -2.52. The number of hydrogen-bond acceptors (Lipinski definition) is 10. The molecule has 2 saturated carbocycles. The summed E-state index contributed by atoms with van der Waals surface area (Å²) in [5, 5.41) is 25.8. The first kappa shape index (κ1) is 28.3. The van der Waals surface area contributed by atoms with Gasteiger partial charge in [0.1, 0.15) is 5.75 Å². The Morgan fingerprint density at radius 2 is 1.85 bits per heavy atom. The average Bonchev–Trinajstić information content (AvgIpc) is 3.33.